The maximum absolute atomic E-state index is 13.5. The van der Waals surface area contributed by atoms with Gasteiger partial charge in [0.1, 0.15) is 16.8 Å². The molecule has 13 unspecified atom stereocenters. The van der Waals surface area contributed by atoms with Crippen molar-refractivity contribution in [3.63, 3.8) is 0 Å². The molecule has 3 aliphatic heterocycles. The van der Waals surface area contributed by atoms with Gasteiger partial charge in [0.25, 0.3) is 5.97 Å². The largest absolute Gasteiger partial charge is 0.472 e. The van der Waals surface area contributed by atoms with Crippen molar-refractivity contribution in [3.05, 3.63) is 24.2 Å². The number of aliphatic hydroxyl groups excluding tert-OH is 1. The Balaban J connectivity index is 1.43. The third kappa shape index (κ3) is 2.13. The van der Waals surface area contributed by atoms with Gasteiger partial charge in [-0.25, -0.2) is 0 Å². The Hall–Kier alpha value is -1.98. The number of methoxy groups -OCH3 is 1. The third-order valence-corrected chi connectivity index (χ3v) is 13.6. The maximum atomic E-state index is 13.5. The molecule has 0 aromatic carbocycles. The fourth-order valence-corrected chi connectivity index (χ4v) is 12.0. The number of carbonyl (C=O) groups excluding carboxylic acids is 2. The highest BCUT2D eigenvalue weighted by molar-refractivity contribution is 5.74. The molecule has 4 saturated carbocycles. The number of hydrogen-bond donors (Lipinski definition) is 2. The van der Waals surface area contributed by atoms with Crippen LogP contribution in [0.3, 0.4) is 0 Å². The lowest BCUT2D eigenvalue weighted by Crippen LogP contribution is -2.94. The molecule has 7 fully saturated rings. The van der Waals surface area contributed by atoms with Gasteiger partial charge in [0.05, 0.1) is 32.2 Å². The van der Waals surface area contributed by atoms with Gasteiger partial charge in [-0.05, 0) is 48.1 Å². The van der Waals surface area contributed by atoms with Crippen molar-refractivity contribution in [1.29, 1.82) is 0 Å². The van der Waals surface area contributed by atoms with Gasteiger partial charge in [0, 0.05) is 30.1 Å². The van der Waals surface area contributed by atoms with Crippen LogP contribution in [-0.4, -0.2) is 69.8 Å². The highest BCUT2D eigenvalue weighted by Gasteiger charge is 3.03. The number of hydrogen-bond acceptors (Lipinski definition) is 10. The van der Waals surface area contributed by atoms with Gasteiger partial charge in [-0.15, -0.1) is 0 Å². The summed E-state index contributed by atoms with van der Waals surface area (Å²) in [5.41, 5.74) is -7.20. The van der Waals surface area contributed by atoms with E-state index in [1.54, 1.807) is 19.5 Å². The molecule has 10 nitrogen and oxygen atoms in total. The van der Waals surface area contributed by atoms with Crippen molar-refractivity contribution in [1.82, 2.24) is 0 Å². The van der Waals surface area contributed by atoms with E-state index in [2.05, 4.69) is 13.8 Å². The zero-order valence-electron chi connectivity index (χ0n) is 23.8. The van der Waals surface area contributed by atoms with Crippen LogP contribution in [0.25, 0.3) is 0 Å². The van der Waals surface area contributed by atoms with E-state index in [-0.39, 0.29) is 25.2 Å². The smallest absolute Gasteiger partial charge is 0.306 e. The highest BCUT2D eigenvalue weighted by atomic mass is 16.9. The second-order valence-corrected chi connectivity index (χ2v) is 14.5. The maximum Gasteiger partial charge on any atom is 0.306 e. The van der Waals surface area contributed by atoms with Crippen LogP contribution < -0.4 is 0 Å². The van der Waals surface area contributed by atoms with Crippen LogP contribution in [0.2, 0.25) is 0 Å². The number of ether oxygens (including phenoxy) is 5. The van der Waals surface area contributed by atoms with E-state index in [9.17, 15) is 19.8 Å². The zero-order chi connectivity index (χ0) is 28.5. The number of aliphatic hydroxyl groups is 2. The van der Waals surface area contributed by atoms with Gasteiger partial charge in [0.2, 0.25) is 0 Å². The van der Waals surface area contributed by atoms with E-state index in [1.165, 1.54) is 7.11 Å². The zero-order valence-corrected chi connectivity index (χ0v) is 23.8. The standard InChI is InChI=1S/C30H38O10/c1-15(16-7-10-36-13-16)23(2)8-9-27-25(4)17(11-19(31)35-6)24(3)14-28(25)29(34,21(24)33)22-30(27,18(23)12-20(32)37-22)40-26(5,38-27)39-28/h7,10,13,15,17-18,21-22,33-34H,8-9,11-12,14H2,1-6H3. The molecule has 4 bridgehead atoms. The molecule has 218 valence electrons. The molecular weight excluding hydrogens is 520 g/mol. The van der Waals surface area contributed by atoms with E-state index in [1.807, 2.05) is 19.9 Å². The van der Waals surface area contributed by atoms with Gasteiger partial charge >= 0.3 is 11.9 Å². The first kappa shape index (κ1) is 25.7. The fraction of sp³-hybridized carbons (Fsp3) is 0.800. The lowest BCUT2D eigenvalue weighted by molar-refractivity contribution is -0.479. The molecule has 0 radical (unpaired) electrons. The molecular formula is C30H38O10. The summed E-state index contributed by atoms with van der Waals surface area (Å²) in [6.07, 6.45) is 2.38. The molecule has 7 aliphatic rings. The molecule has 1 aromatic rings. The monoisotopic (exact) mass is 558 g/mol. The fourth-order valence-electron chi connectivity index (χ4n) is 12.0. The summed E-state index contributed by atoms with van der Waals surface area (Å²) in [6.45, 7) is 9.94. The molecule has 3 spiro atoms. The summed E-state index contributed by atoms with van der Waals surface area (Å²) in [7, 11) is 1.36. The van der Waals surface area contributed by atoms with Gasteiger partial charge in [-0.2, -0.15) is 0 Å². The Morgan fingerprint density at radius 3 is 2.55 bits per heavy atom. The molecule has 2 N–H and O–H groups in total. The second-order valence-electron chi connectivity index (χ2n) is 14.5. The average Bonchev–Trinajstić information content (AvgIpc) is 3.59. The van der Waals surface area contributed by atoms with Crippen molar-refractivity contribution < 1.29 is 47.9 Å². The van der Waals surface area contributed by atoms with E-state index in [0.29, 0.717) is 12.8 Å². The topological polar surface area (TPSA) is 134 Å². The van der Waals surface area contributed by atoms with Crippen molar-refractivity contribution in [2.24, 2.45) is 28.1 Å². The van der Waals surface area contributed by atoms with E-state index in [4.69, 9.17) is 28.1 Å². The average molecular weight is 559 g/mol. The van der Waals surface area contributed by atoms with Crippen molar-refractivity contribution >= 4 is 11.9 Å². The minimum absolute atomic E-state index is 0.0253. The quantitative estimate of drug-likeness (QED) is 0.532. The number of furan rings is 1. The van der Waals surface area contributed by atoms with E-state index in [0.717, 1.165) is 5.56 Å². The Bertz CT molecular complexity index is 1350. The highest BCUT2D eigenvalue weighted by Crippen LogP contribution is 2.89. The summed E-state index contributed by atoms with van der Waals surface area (Å²) >= 11 is 0. The van der Waals surface area contributed by atoms with Gasteiger partial charge < -0.3 is 38.3 Å². The molecule has 40 heavy (non-hydrogen) atoms. The number of rotatable bonds is 4. The normalized spacial score (nSPS) is 59.0. The van der Waals surface area contributed by atoms with Crippen molar-refractivity contribution in [3.8, 4) is 0 Å². The molecule has 3 saturated heterocycles. The Morgan fingerprint density at radius 2 is 1.88 bits per heavy atom. The first-order valence-electron chi connectivity index (χ1n) is 14.5. The minimum atomic E-state index is -1.99. The Kier molecular flexibility index (Phi) is 4.37. The lowest BCUT2D eigenvalue weighted by Gasteiger charge is -2.77. The van der Waals surface area contributed by atoms with Crippen LogP contribution in [0, 0.1) is 28.1 Å². The van der Waals surface area contributed by atoms with Crippen molar-refractivity contribution in [2.75, 3.05) is 7.11 Å². The van der Waals surface area contributed by atoms with E-state index < -0.39 is 80.6 Å². The summed E-state index contributed by atoms with van der Waals surface area (Å²) in [4.78, 5) is 26.4. The van der Waals surface area contributed by atoms with E-state index >= 15 is 0 Å². The SMILES string of the molecule is COC(=O)CC1C2(C)CC34OC5(C)OC67C(CC(=O)OC6C3(O)C2O)C(C)(C(C)c2ccoc2)CCC7(O5)C14C. The van der Waals surface area contributed by atoms with Gasteiger partial charge in [0.15, 0.2) is 11.7 Å². The second kappa shape index (κ2) is 6.80. The molecule has 4 aliphatic carbocycles. The van der Waals surface area contributed by atoms with Gasteiger partial charge in [-0.3, -0.25) is 9.59 Å². The van der Waals surface area contributed by atoms with Gasteiger partial charge in [-0.1, -0.05) is 27.7 Å². The van der Waals surface area contributed by atoms with Crippen molar-refractivity contribution in [2.45, 2.75) is 113 Å². The number of carbonyl (C=O) groups is 2. The Labute approximate surface area is 232 Å². The third-order valence-electron chi connectivity index (χ3n) is 13.6. The van der Waals surface area contributed by atoms with Crippen LogP contribution in [-0.2, 0) is 33.3 Å². The first-order valence-corrected chi connectivity index (χ1v) is 14.5. The summed E-state index contributed by atoms with van der Waals surface area (Å²) < 4.78 is 37.6. The Morgan fingerprint density at radius 1 is 1.15 bits per heavy atom. The molecule has 4 heterocycles. The molecule has 13 atom stereocenters. The van der Waals surface area contributed by atoms with Crippen LogP contribution >= 0.6 is 0 Å². The molecule has 0 amide bonds. The van der Waals surface area contributed by atoms with Crippen LogP contribution in [0.15, 0.2) is 23.0 Å². The first-order chi connectivity index (χ1) is 18.7. The molecule has 10 heteroatoms. The minimum Gasteiger partial charge on any atom is -0.472 e. The summed E-state index contributed by atoms with van der Waals surface area (Å²) in [5.74, 6) is -3.33. The summed E-state index contributed by atoms with van der Waals surface area (Å²) in [6, 6.07) is 1.94. The molecule has 8 rings (SSSR count). The van der Waals surface area contributed by atoms with Crippen LogP contribution in [0.5, 0.6) is 0 Å². The molecule has 1 aromatic heterocycles. The predicted molar refractivity (Wildman–Crippen MR) is 134 cm³/mol. The lowest BCUT2D eigenvalue weighted by atomic mass is 9.33. The predicted octanol–water partition coefficient (Wildman–Crippen LogP) is 2.80. The summed E-state index contributed by atoms with van der Waals surface area (Å²) in [5, 5.41) is 25.1. The van der Waals surface area contributed by atoms with Crippen LogP contribution in [0.4, 0.5) is 0 Å². The van der Waals surface area contributed by atoms with Crippen LogP contribution in [0.1, 0.15) is 78.2 Å². The number of fused-ring (bicyclic) bond motifs is 3. The number of esters is 2.